The molecule has 0 spiro atoms. The summed E-state index contributed by atoms with van der Waals surface area (Å²) >= 11 is 0. The van der Waals surface area contributed by atoms with E-state index in [1.165, 1.54) is 0 Å². The minimum Gasteiger partial charge on any atom is -0.387 e. The van der Waals surface area contributed by atoms with Crippen molar-refractivity contribution in [3.05, 3.63) is 29.6 Å². The summed E-state index contributed by atoms with van der Waals surface area (Å²) in [6, 6.07) is 3.76. The van der Waals surface area contributed by atoms with Crippen LogP contribution in [0.3, 0.4) is 0 Å². The van der Waals surface area contributed by atoms with Crippen LogP contribution in [0.15, 0.2) is 18.3 Å². The zero-order valence-corrected chi connectivity index (χ0v) is 9.91. The van der Waals surface area contributed by atoms with Gasteiger partial charge in [0.15, 0.2) is 0 Å². The lowest BCUT2D eigenvalue weighted by Crippen LogP contribution is -2.38. The number of aliphatic hydroxyl groups is 1. The van der Waals surface area contributed by atoms with Crippen molar-refractivity contribution in [2.75, 3.05) is 6.54 Å². The van der Waals surface area contributed by atoms with Crippen molar-refractivity contribution in [3.8, 4) is 0 Å². The van der Waals surface area contributed by atoms with Crippen molar-refractivity contribution in [2.45, 2.75) is 39.3 Å². The molecule has 0 aliphatic carbocycles. The highest BCUT2D eigenvalue weighted by Crippen LogP contribution is 2.15. The van der Waals surface area contributed by atoms with Gasteiger partial charge in [-0.05, 0) is 33.8 Å². The molecule has 0 bridgehead atoms. The van der Waals surface area contributed by atoms with Gasteiger partial charge < -0.3 is 10.4 Å². The number of hydrogen-bond donors (Lipinski definition) is 2. The van der Waals surface area contributed by atoms with Gasteiger partial charge in [0.2, 0.25) is 0 Å². The molecule has 2 N–H and O–H groups in total. The Labute approximate surface area is 91.5 Å². The lowest BCUT2D eigenvalue weighted by atomic mass is 10.1. The van der Waals surface area contributed by atoms with Crippen LogP contribution in [-0.2, 0) is 0 Å². The first-order valence-corrected chi connectivity index (χ1v) is 5.25. The van der Waals surface area contributed by atoms with Gasteiger partial charge in [0, 0.05) is 29.5 Å². The Balaban J connectivity index is 2.62. The molecular formula is C12H20N2O. The van der Waals surface area contributed by atoms with Gasteiger partial charge in [-0.3, -0.25) is 4.98 Å². The first kappa shape index (κ1) is 12.1. The summed E-state index contributed by atoms with van der Waals surface area (Å²) in [4.78, 5) is 4.16. The molecule has 0 amide bonds. The number of pyridine rings is 1. The van der Waals surface area contributed by atoms with Crippen molar-refractivity contribution < 1.29 is 5.11 Å². The molecule has 0 aliphatic heterocycles. The van der Waals surface area contributed by atoms with Crippen LogP contribution in [0.1, 0.15) is 38.1 Å². The molecule has 1 unspecified atom stereocenters. The smallest absolute Gasteiger partial charge is 0.0932 e. The number of nitrogens with one attached hydrogen (secondary N) is 1. The van der Waals surface area contributed by atoms with E-state index < -0.39 is 6.10 Å². The van der Waals surface area contributed by atoms with E-state index in [4.69, 9.17) is 0 Å². The van der Waals surface area contributed by atoms with E-state index in [9.17, 15) is 5.11 Å². The number of aryl methyl sites for hydroxylation is 1. The van der Waals surface area contributed by atoms with Gasteiger partial charge in [0.25, 0.3) is 0 Å². The number of aliphatic hydroxyl groups excluding tert-OH is 1. The average molecular weight is 208 g/mol. The summed E-state index contributed by atoms with van der Waals surface area (Å²) in [6.45, 7) is 8.70. The lowest BCUT2D eigenvalue weighted by Gasteiger charge is -2.23. The fourth-order valence-corrected chi connectivity index (χ4v) is 1.36. The first-order chi connectivity index (χ1) is 6.90. The maximum absolute atomic E-state index is 9.96. The number of rotatable bonds is 3. The second-order valence-electron chi connectivity index (χ2n) is 4.82. The molecule has 1 aromatic rings. The molecule has 0 aliphatic rings. The molecule has 0 radical (unpaired) electrons. The molecule has 3 heteroatoms. The van der Waals surface area contributed by atoms with Crippen LogP contribution < -0.4 is 5.32 Å². The van der Waals surface area contributed by atoms with Gasteiger partial charge in [-0.15, -0.1) is 0 Å². The van der Waals surface area contributed by atoms with Gasteiger partial charge in [0.05, 0.1) is 6.10 Å². The lowest BCUT2D eigenvalue weighted by molar-refractivity contribution is 0.162. The number of hydrogen-bond acceptors (Lipinski definition) is 3. The highest BCUT2D eigenvalue weighted by molar-refractivity contribution is 5.21. The molecule has 0 fully saturated rings. The summed E-state index contributed by atoms with van der Waals surface area (Å²) in [7, 11) is 0. The normalized spacial score (nSPS) is 13.9. The summed E-state index contributed by atoms with van der Waals surface area (Å²) in [5.74, 6) is 0. The summed E-state index contributed by atoms with van der Waals surface area (Å²) in [5.41, 5.74) is 1.81. The fraction of sp³-hybridized carbons (Fsp3) is 0.583. The molecule has 1 heterocycles. The summed E-state index contributed by atoms with van der Waals surface area (Å²) < 4.78 is 0. The van der Waals surface area contributed by atoms with E-state index in [0.29, 0.717) is 6.54 Å². The minimum absolute atomic E-state index is 0.0249. The van der Waals surface area contributed by atoms with Crippen LogP contribution in [0.5, 0.6) is 0 Å². The van der Waals surface area contributed by atoms with Gasteiger partial charge in [-0.25, -0.2) is 0 Å². The average Bonchev–Trinajstić information content (AvgIpc) is 2.14. The second kappa shape index (κ2) is 4.73. The van der Waals surface area contributed by atoms with Crippen LogP contribution in [0, 0.1) is 6.92 Å². The molecule has 1 aromatic heterocycles. The van der Waals surface area contributed by atoms with Crippen LogP contribution in [0.2, 0.25) is 0 Å². The van der Waals surface area contributed by atoms with Gasteiger partial charge in [0.1, 0.15) is 0 Å². The van der Waals surface area contributed by atoms with Gasteiger partial charge in [-0.1, -0.05) is 6.07 Å². The maximum atomic E-state index is 9.96. The molecule has 0 saturated carbocycles. The SMILES string of the molecule is Cc1ncccc1C(O)CNC(C)(C)C. The van der Waals surface area contributed by atoms with Crippen molar-refractivity contribution in [1.82, 2.24) is 10.3 Å². The summed E-state index contributed by atoms with van der Waals surface area (Å²) in [5, 5.41) is 13.2. The molecule has 3 nitrogen and oxygen atoms in total. The Morgan fingerprint density at radius 1 is 1.47 bits per heavy atom. The van der Waals surface area contributed by atoms with Crippen LogP contribution in [-0.4, -0.2) is 22.2 Å². The predicted molar refractivity (Wildman–Crippen MR) is 61.7 cm³/mol. The van der Waals surface area contributed by atoms with E-state index in [0.717, 1.165) is 11.3 Å². The third-order valence-electron chi connectivity index (χ3n) is 2.23. The van der Waals surface area contributed by atoms with Crippen LogP contribution >= 0.6 is 0 Å². The van der Waals surface area contributed by atoms with E-state index in [1.54, 1.807) is 6.20 Å². The second-order valence-corrected chi connectivity index (χ2v) is 4.82. The molecule has 84 valence electrons. The summed E-state index contributed by atoms with van der Waals surface area (Å²) in [6.07, 6.45) is 1.25. The van der Waals surface area contributed by atoms with Crippen molar-refractivity contribution in [1.29, 1.82) is 0 Å². The zero-order valence-electron chi connectivity index (χ0n) is 9.91. The standard InChI is InChI=1S/C12H20N2O/c1-9-10(6-5-7-13-9)11(15)8-14-12(2,3)4/h5-7,11,14-15H,8H2,1-4H3. The highest BCUT2D eigenvalue weighted by atomic mass is 16.3. The Morgan fingerprint density at radius 3 is 2.67 bits per heavy atom. The highest BCUT2D eigenvalue weighted by Gasteiger charge is 2.14. The predicted octanol–water partition coefficient (Wildman–Crippen LogP) is 1.81. The molecular weight excluding hydrogens is 188 g/mol. The Kier molecular flexibility index (Phi) is 3.83. The Bertz CT molecular complexity index is 318. The third-order valence-corrected chi connectivity index (χ3v) is 2.23. The minimum atomic E-state index is -0.488. The zero-order chi connectivity index (χ0) is 11.5. The molecule has 0 saturated heterocycles. The van der Waals surface area contributed by atoms with Gasteiger partial charge >= 0.3 is 0 Å². The topological polar surface area (TPSA) is 45.2 Å². The van der Waals surface area contributed by atoms with Crippen molar-refractivity contribution in [2.24, 2.45) is 0 Å². The van der Waals surface area contributed by atoms with Crippen LogP contribution in [0.25, 0.3) is 0 Å². The quantitative estimate of drug-likeness (QED) is 0.796. The van der Waals surface area contributed by atoms with Crippen LogP contribution in [0.4, 0.5) is 0 Å². The number of aromatic nitrogens is 1. The van der Waals surface area contributed by atoms with Crippen molar-refractivity contribution in [3.63, 3.8) is 0 Å². The largest absolute Gasteiger partial charge is 0.387 e. The first-order valence-electron chi connectivity index (χ1n) is 5.25. The molecule has 1 rings (SSSR count). The number of β-amino-alcohol motifs (C(OH)–C–C–N with tert-alkyl or cyclic N) is 1. The van der Waals surface area contributed by atoms with E-state index in [2.05, 4.69) is 31.1 Å². The fourth-order valence-electron chi connectivity index (χ4n) is 1.36. The van der Waals surface area contributed by atoms with E-state index >= 15 is 0 Å². The van der Waals surface area contributed by atoms with Gasteiger partial charge in [-0.2, -0.15) is 0 Å². The molecule has 0 aromatic carbocycles. The van der Waals surface area contributed by atoms with Crippen molar-refractivity contribution >= 4 is 0 Å². The maximum Gasteiger partial charge on any atom is 0.0932 e. The Morgan fingerprint density at radius 2 is 2.13 bits per heavy atom. The molecule has 1 atom stereocenters. The Hall–Kier alpha value is -0.930. The van der Waals surface area contributed by atoms with E-state index in [1.807, 2.05) is 19.1 Å². The molecule has 15 heavy (non-hydrogen) atoms. The van der Waals surface area contributed by atoms with E-state index in [-0.39, 0.29) is 5.54 Å². The monoisotopic (exact) mass is 208 g/mol. The number of nitrogens with zero attached hydrogens (tertiary/aromatic N) is 1. The third kappa shape index (κ3) is 3.98.